The lowest BCUT2D eigenvalue weighted by Crippen LogP contribution is -2.26. The Morgan fingerprint density at radius 2 is 1.93 bits per heavy atom. The first-order valence-electron chi connectivity index (χ1n) is 10.3. The Kier molecular flexibility index (Phi) is 4.17. The smallest absolute Gasteiger partial charge is 0.155 e. The summed E-state index contributed by atoms with van der Waals surface area (Å²) in [6.07, 6.45) is 8.15. The van der Waals surface area contributed by atoms with Gasteiger partial charge in [0.15, 0.2) is 5.65 Å². The van der Waals surface area contributed by atoms with E-state index in [-0.39, 0.29) is 0 Å². The van der Waals surface area contributed by atoms with Gasteiger partial charge in [-0.3, -0.25) is 10.1 Å². The Balaban J connectivity index is 1.47. The summed E-state index contributed by atoms with van der Waals surface area (Å²) in [6.45, 7) is 4.27. The number of hydrogen-bond donors (Lipinski definition) is 3. The monoisotopic (exact) mass is 414 g/mol. The van der Waals surface area contributed by atoms with Crippen LogP contribution in [0.15, 0.2) is 42.9 Å². The molecule has 0 saturated carbocycles. The number of thiophene rings is 1. The first-order valence-corrected chi connectivity index (χ1v) is 11.2. The summed E-state index contributed by atoms with van der Waals surface area (Å²) < 4.78 is 0. The van der Waals surface area contributed by atoms with Crippen molar-refractivity contribution < 1.29 is 0 Å². The fourth-order valence-corrected chi connectivity index (χ4v) is 5.35. The van der Waals surface area contributed by atoms with E-state index in [9.17, 15) is 0 Å². The lowest BCUT2D eigenvalue weighted by atomic mass is 9.91. The number of piperidine rings is 1. The second-order valence-electron chi connectivity index (χ2n) is 8.00. The predicted octanol–water partition coefficient (Wildman–Crippen LogP) is 5.01. The van der Waals surface area contributed by atoms with Gasteiger partial charge in [-0.2, -0.15) is 5.10 Å². The van der Waals surface area contributed by atoms with Crippen LogP contribution >= 0.6 is 11.3 Å². The van der Waals surface area contributed by atoms with Gasteiger partial charge < -0.3 is 10.3 Å². The second-order valence-corrected chi connectivity index (χ2v) is 9.29. The number of aromatic nitrogens is 5. The van der Waals surface area contributed by atoms with Crippen LogP contribution < -0.4 is 5.32 Å². The highest BCUT2D eigenvalue weighted by molar-refractivity contribution is 7.15. The topological polar surface area (TPSA) is 82.3 Å². The zero-order valence-electron chi connectivity index (χ0n) is 16.7. The minimum absolute atomic E-state index is 0.562. The maximum absolute atomic E-state index is 4.66. The van der Waals surface area contributed by atoms with E-state index in [1.54, 1.807) is 11.3 Å². The molecule has 6 nitrogen and oxygen atoms in total. The van der Waals surface area contributed by atoms with Crippen molar-refractivity contribution in [2.24, 2.45) is 0 Å². The number of pyridine rings is 2. The Morgan fingerprint density at radius 1 is 1.03 bits per heavy atom. The number of hydrogen-bond acceptors (Lipinski definition) is 5. The quantitative estimate of drug-likeness (QED) is 0.388. The average Bonchev–Trinajstić information content (AvgIpc) is 3.51. The highest BCUT2D eigenvalue weighted by atomic mass is 32.1. The van der Waals surface area contributed by atoms with E-state index in [2.05, 4.69) is 61.7 Å². The standard InChI is InChI=1S/C23H22N6S/c1-13-2-3-21(30-13)18-11-25-12-20-16(18)9-19(27-20)22-17-8-15(10-26-23(17)29-28-22)14-4-6-24-7-5-14/h2-3,8-12,14,24,27H,4-7H2,1H3,(H,26,28,29). The summed E-state index contributed by atoms with van der Waals surface area (Å²) in [5, 5.41) is 13.4. The molecule has 0 aliphatic carbocycles. The van der Waals surface area contributed by atoms with Gasteiger partial charge in [0.05, 0.1) is 17.4 Å². The normalized spacial score (nSPS) is 15.4. The summed E-state index contributed by atoms with van der Waals surface area (Å²) in [5.41, 5.74) is 6.21. The molecule has 3 N–H and O–H groups in total. The van der Waals surface area contributed by atoms with Gasteiger partial charge in [0.25, 0.3) is 0 Å². The molecule has 0 unspecified atom stereocenters. The Labute approximate surface area is 177 Å². The third-order valence-electron chi connectivity index (χ3n) is 6.05. The van der Waals surface area contributed by atoms with Crippen LogP contribution in [0.4, 0.5) is 0 Å². The molecule has 5 aromatic heterocycles. The minimum atomic E-state index is 0.562. The molecule has 0 bridgehead atoms. The molecule has 7 heteroatoms. The molecule has 30 heavy (non-hydrogen) atoms. The van der Waals surface area contributed by atoms with E-state index in [4.69, 9.17) is 0 Å². The van der Waals surface area contributed by atoms with E-state index >= 15 is 0 Å². The molecule has 1 aliphatic heterocycles. The van der Waals surface area contributed by atoms with Gasteiger partial charge in [-0.1, -0.05) is 0 Å². The van der Waals surface area contributed by atoms with Crippen molar-refractivity contribution in [2.75, 3.05) is 13.1 Å². The van der Waals surface area contributed by atoms with Crippen molar-refractivity contribution in [3.8, 4) is 21.8 Å². The molecule has 150 valence electrons. The van der Waals surface area contributed by atoms with E-state index in [1.165, 1.54) is 20.7 Å². The zero-order chi connectivity index (χ0) is 20.1. The minimum Gasteiger partial charge on any atom is -0.352 e. The number of rotatable bonds is 3. The molecule has 5 aromatic rings. The number of nitrogens with one attached hydrogen (secondary N) is 3. The molecule has 6 heterocycles. The molecule has 0 amide bonds. The van der Waals surface area contributed by atoms with Crippen LogP contribution in [0.1, 0.15) is 29.2 Å². The summed E-state index contributed by atoms with van der Waals surface area (Å²) in [6, 6.07) is 8.78. The summed E-state index contributed by atoms with van der Waals surface area (Å²) in [7, 11) is 0. The fraction of sp³-hybridized carbons (Fsp3) is 0.261. The number of fused-ring (bicyclic) bond motifs is 2. The maximum Gasteiger partial charge on any atom is 0.155 e. The first-order chi connectivity index (χ1) is 14.8. The maximum atomic E-state index is 4.66. The van der Waals surface area contributed by atoms with Gasteiger partial charge in [-0.15, -0.1) is 11.3 Å². The highest BCUT2D eigenvalue weighted by Gasteiger charge is 2.19. The fourth-order valence-electron chi connectivity index (χ4n) is 4.46. The van der Waals surface area contributed by atoms with E-state index < -0.39 is 0 Å². The molecular weight excluding hydrogens is 392 g/mol. The highest BCUT2D eigenvalue weighted by Crippen LogP contribution is 2.36. The molecule has 0 spiro atoms. The lowest BCUT2D eigenvalue weighted by molar-refractivity contribution is 0.460. The molecular formula is C23H22N6S. The summed E-state index contributed by atoms with van der Waals surface area (Å²) in [4.78, 5) is 15.2. The van der Waals surface area contributed by atoms with Crippen LogP contribution in [-0.2, 0) is 0 Å². The molecule has 1 fully saturated rings. The van der Waals surface area contributed by atoms with Crippen LogP contribution in [-0.4, -0.2) is 38.2 Å². The van der Waals surface area contributed by atoms with E-state index in [0.29, 0.717) is 5.92 Å². The van der Waals surface area contributed by atoms with Crippen molar-refractivity contribution >= 4 is 33.3 Å². The third kappa shape index (κ3) is 2.93. The van der Waals surface area contributed by atoms with Gasteiger partial charge in [-0.25, -0.2) is 4.98 Å². The largest absolute Gasteiger partial charge is 0.352 e. The van der Waals surface area contributed by atoms with Gasteiger partial charge in [0.2, 0.25) is 0 Å². The number of H-pyrrole nitrogens is 2. The number of nitrogens with zero attached hydrogens (tertiary/aromatic N) is 3. The van der Waals surface area contributed by atoms with Gasteiger partial charge >= 0.3 is 0 Å². The van der Waals surface area contributed by atoms with Crippen LogP contribution in [0.3, 0.4) is 0 Å². The molecule has 6 rings (SSSR count). The second kappa shape index (κ2) is 7.04. The van der Waals surface area contributed by atoms with Crippen LogP contribution in [0.2, 0.25) is 0 Å². The Hall–Kier alpha value is -3.03. The number of aryl methyl sites for hydroxylation is 1. The van der Waals surface area contributed by atoms with Crippen molar-refractivity contribution in [1.82, 2.24) is 30.5 Å². The van der Waals surface area contributed by atoms with Gasteiger partial charge in [0, 0.05) is 38.5 Å². The zero-order valence-corrected chi connectivity index (χ0v) is 17.5. The van der Waals surface area contributed by atoms with Crippen molar-refractivity contribution in [1.29, 1.82) is 0 Å². The van der Waals surface area contributed by atoms with Gasteiger partial charge in [-0.05, 0) is 68.6 Å². The van der Waals surface area contributed by atoms with Crippen LogP contribution in [0.5, 0.6) is 0 Å². The molecule has 0 radical (unpaired) electrons. The average molecular weight is 415 g/mol. The van der Waals surface area contributed by atoms with Gasteiger partial charge in [0.1, 0.15) is 5.69 Å². The van der Waals surface area contributed by atoms with Crippen LogP contribution in [0, 0.1) is 6.92 Å². The molecule has 1 aliphatic rings. The molecule has 1 saturated heterocycles. The number of aromatic amines is 2. The molecule has 0 aromatic carbocycles. The lowest BCUT2D eigenvalue weighted by Gasteiger charge is -2.22. The third-order valence-corrected chi connectivity index (χ3v) is 7.09. The SMILES string of the molecule is Cc1ccc(-c2cncc3[nH]c(-c4n[nH]c5ncc(C6CCNCC6)cc45)cc23)s1. The van der Waals surface area contributed by atoms with Crippen molar-refractivity contribution in [2.45, 2.75) is 25.7 Å². The summed E-state index contributed by atoms with van der Waals surface area (Å²) in [5.74, 6) is 0.562. The molecule has 0 atom stereocenters. The van der Waals surface area contributed by atoms with E-state index in [0.717, 1.165) is 59.4 Å². The van der Waals surface area contributed by atoms with Crippen molar-refractivity contribution in [3.63, 3.8) is 0 Å². The van der Waals surface area contributed by atoms with Crippen molar-refractivity contribution in [3.05, 3.63) is 53.3 Å². The first kappa shape index (κ1) is 17.8. The Bertz CT molecular complexity index is 1350. The van der Waals surface area contributed by atoms with E-state index in [1.807, 2.05) is 18.6 Å². The predicted molar refractivity (Wildman–Crippen MR) is 122 cm³/mol. The summed E-state index contributed by atoms with van der Waals surface area (Å²) >= 11 is 1.79. The Morgan fingerprint density at radius 3 is 2.77 bits per heavy atom. The van der Waals surface area contributed by atoms with Crippen LogP contribution in [0.25, 0.3) is 43.8 Å².